The highest BCUT2D eigenvalue weighted by molar-refractivity contribution is 6.07. The minimum absolute atomic E-state index is 0.0958. The van der Waals surface area contributed by atoms with Crippen molar-refractivity contribution in [2.24, 2.45) is 10.9 Å². The average Bonchev–Trinajstić information content (AvgIpc) is 2.38. The number of likely N-dealkylation sites (N-methyl/N-ethyl adjacent to an activating group) is 1. The summed E-state index contributed by atoms with van der Waals surface area (Å²) in [7, 11) is 1.68. The number of amides is 1. The molecule has 0 saturated carbocycles. The van der Waals surface area contributed by atoms with Gasteiger partial charge in [0.1, 0.15) is 5.92 Å². The molecule has 1 atom stereocenters. The summed E-state index contributed by atoms with van der Waals surface area (Å²) < 4.78 is 0. The minimum atomic E-state index is -0.730. The molecule has 0 spiro atoms. The molecule has 1 aromatic rings. The Balaban J connectivity index is 3.10. The molecular weight excluding hydrogens is 218 g/mol. The van der Waals surface area contributed by atoms with Gasteiger partial charge in [-0.25, -0.2) is 0 Å². The van der Waals surface area contributed by atoms with Crippen LogP contribution in [0.1, 0.15) is 18.4 Å². The monoisotopic (exact) mass is 235 g/mol. The summed E-state index contributed by atoms with van der Waals surface area (Å²) in [5.41, 5.74) is 6.31. The van der Waals surface area contributed by atoms with E-state index in [9.17, 15) is 4.79 Å². The number of hydrogen-bond donors (Lipinski definition) is 2. The first-order valence-corrected chi connectivity index (χ1v) is 5.39. The van der Waals surface area contributed by atoms with Gasteiger partial charge in [-0.15, -0.1) is 0 Å². The first kappa shape index (κ1) is 13.0. The number of rotatable bonds is 4. The third-order valence-electron chi connectivity index (χ3n) is 2.64. The Hall–Kier alpha value is -2.04. The number of benzene rings is 1. The molecule has 0 heterocycles. The van der Waals surface area contributed by atoms with Crippen molar-refractivity contribution >= 4 is 11.7 Å². The van der Waals surface area contributed by atoms with Crippen LogP contribution in [-0.4, -0.2) is 35.4 Å². The normalized spacial score (nSPS) is 13.2. The lowest BCUT2D eigenvalue weighted by Gasteiger charge is -2.21. The van der Waals surface area contributed by atoms with Crippen LogP contribution in [0.25, 0.3) is 0 Å². The van der Waals surface area contributed by atoms with Crippen molar-refractivity contribution in [2.75, 3.05) is 13.6 Å². The molecule has 0 radical (unpaired) electrons. The van der Waals surface area contributed by atoms with Crippen LogP contribution in [0.5, 0.6) is 0 Å². The van der Waals surface area contributed by atoms with Crippen LogP contribution < -0.4 is 5.73 Å². The number of carbonyl (C=O) groups excluding carboxylic acids is 1. The zero-order valence-electron chi connectivity index (χ0n) is 10.00. The van der Waals surface area contributed by atoms with E-state index in [2.05, 4.69) is 5.16 Å². The van der Waals surface area contributed by atoms with Gasteiger partial charge in [-0.1, -0.05) is 35.5 Å². The summed E-state index contributed by atoms with van der Waals surface area (Å²) in [5.74, 6) is -1.01. The standard InChI is InChI=1S/C12H17N3O2/c1-3-15(2)12(16)10(11(13)14-17)9-7-5-4-6-8-9/h4-8,10,17H,3H2,1-2H3,(H2,13,14). The van der Waals surface area contributed by atoms with Gasteiger partial charge >= 0.3 is 0 Å². The van der Waals surface area contributed by atoms with E-state index < -0.39 is 5.92 Å². The van der Waals surface area contributed by atoms with Crippen molar-refractivity contribution in [2.45, 2.75) is 12.8 Å². The molecule has 5 nitrogen and oxygen atoms in total. The summed E-state index contributed by atoms with van der Waals surface area (Å²) in [6.45, 7) is 2.44. The molecule has 1 unspecified atom stereocenters. The third-order valence-corrected chi connectivity index (χ3v) is 2.64. The van der Waals surface area contributed by atoms with E-state index >= 15 is 0 Å². The Bertz CT molecular complexity index is 403. The second-order valence-electron chi connectivity index (χ2n) is 3.72. The van der Waals surface area contributed by atoms with Crippen molar-refractivity contribution in [1.82, 2.24) is 4.90 Å². The molecular formula is C12H17N3O2. The van der Waals surface area contributed by atoms with Crippen molar-refractivity contribution in [3.8, 4) is 0 Å². The Morgan fingerprint density at radius 2 is 2.06 bits per heavy atom. The van der Waals surface area contributed by atoms with Crippen LogP contribution in [0, 0.1) is 0 Å². The Morgan fingerprint density at radius 3 is 2.53 bits per heavy atom. The second-order valence-corrected chi connectivity index (χ2v) is 3.72. The summed E-state index contributed by atoms with van der Waals surface area (Å²) in [5, 5.41) is 11.7. The van der Waals surface area contributed by atoms with Crippen LogP contribution in [-0.2, 0) is 4.79 Å². The Kier molecular flexibility index (Phi) is 4.51. The van der Waals surface area contributed by atoms with E-state index in [1.807, 2.05) is 25.1 Å². The van der Waals surface area contributed by atoms with Crippen LogP contribution in [0.2, 0.25) is 0 Å². The van der Waals surface area contributed by atoms with Crippen LogP contribution in [0.4, 0.5) is 0 Å². The second kappa shape index (κ2) is 5.89. The molecule has 0 aliphatic heterocycles. The van der Waals surface area contributed by atoms with Gasteiger partial charge in [-0.05, 0) is 12.5 Å². The average molecular weight is 235 g/mol. The summed E-state index contributed by atoms with van der Waals surface area (Å²) in [4.78, 5) is 13.7. The largest absolute Gasteiger partial charge is 0.409 e. The maximum absolute atomic E-state index is 12.1. The lowest BCUT2D eigenvalue weighted by Crippen LogP contribution is -2.38. The molecule has 3 N–H and O–H groups in total. The van der Waals surface area contributed by atoms with Gasteiger partial charge < -0.3 is 15.8 Å². The van der Waals surface area contributed by atoms with E-state index in [-0.39, 0.29) is 11.7 Å². The van der Waals surface area contributed by atoms with Gasteiger partial charge in [0.2, 0.25) is 5.91 Å². The van der Waals surface area contributed by atoms with Crippen LogP contribution >= 0.6 is 0 Å². The van der Waals surface area contributed by atoms with Crippen molar-refractivity contribution < 1.29 is 10.0 Å². The zero-order chi connectivity index (χ0) is 12.8. The van der Waals surface area contributed by atoms with Gasteiger partial charge in [0.05, 0.1) is 0 Å². The SMILES string of the molecule is CCN(C)C(=O)C(/C(N)=N/O)c1ccccc1. The molecule has 0 aromatic heterocycles. The van der Waals surface area contributed by atoms with Crippen molar-refractivity contribution in [3.05, 3.63) is 35.9 Å². The topological polar surface area (TPSA) is 78.9 Å². The molecule has 0 fully saturated rings. The first-order valence-electron chi connectivity index (χ1n) is 5.39. The molecule has 0 bridgehead atoms. The predicted octanol–water partition coefficient (Wildman–Crippen LogP) is 0.995. The van der Waals surface area contributed by atoms with Crippen LogP contribution in [0.3, 0.4) is 0 Å². The van der Waals surface area contributed by atoms with E-state index in [0.29, 0.717) is 12.1 Å². The number of carbonyl (C=O) groups is 1. The Labute approximate surface area is 101 Å². The number of nitrogens with zero attached hydrogens (tertiary/aromatic N) is 2. The number of nitrogens with two attached hydrogens (primary N) is 1. The number of amidine groups is 1. The van der Waals surface area contributed by atoms with Gasteiger partial charge in [-0.2, -0.15) is 0 Å². The van der Waals surface area contributed by atoms with Crippen LogP contribution in [0.15, 0.2) is 35.5 Å². The lowest BCUT2D eigenvalue weighted by atomic mass is 9.96. The zero-order valence-corrected chi connectivity index (χ0v) is 10.00. The highest BCUT2D eigenvalue weighted by atomic mass is 16.4. The van der Waals surface area contributed by atoms with Gasteiger partial charge in [0.25, 0.3) is 0 Å². The van der Waals surface area contributed by atoms with Crippen molar-refractivity contribution in [1.29, 1.82) is 0 Å². The lowest BCUT2D eigenvalue weighted by molar-refractivity contribution is -0.129. The molecule has 0 aliphatic rings. The molecule has 1 aromatic carbocycles. The van der Waals surface area contributed by atoms with Crippen molar-refractivity contribution in [3.63, 3.8) is 0 Å². The molecule has 0 aliphatic carbocycles. The summed E-state index contributed by atoms with van der Waals surface area (Å²) in [6.07, 6.45) is 0. The number of hydrogen-bond acceptors (Lipinski definition) is 3. The maximum Gasteiger partial charge on any atom is 0.237 e. The molecule has 0 saturated heterocycles. The smallest absolute Gasteiger partial charge is 0.237 e. The minimum Gasteiger partial charge on any atom is -0.409 e. The maximum atomic E-state index is 12.1. The van der Waals surface area contributed by atoms with Gasteiger partial charge in [-0.3, -0.25) is 4.79 Å². The molecule has 92 valence electrons. The molecule has 17 heavy (non-hydrogen) atoms. The first-order chi connectivity index (χ1) is 8.11. The van der Waals surface area contributed by atoms with E-state index in [1.165, 1.54) is 4.90 Å². The van der Waals surface area contributed by atoms with E-state index in [0.717, 1.165) is 0 Å². The number of oxime groups is 1. The molecule has 1 rings (SSSR count). The van der Waals surface area contributed by atoms with E-state index in [1.54, 1.807) is 19.2 Å². The fraction of sp³-hybridized carbons (Fsp3) is 0.333. The fourth-order valence-corrected chi connectivity index (χ4v) is 1.52. The van der Waals surface area contributed by atoms with Gasteiger partial charge in [0, 0.05) is 13.6 Å². The van der Waals surface area contributed by atoms with E-state index in [4.69, 9.17) is 10.9 Å². The molecule has 1 amide bonds. The summed E-state index contributed by atoms with van der Waals surface area (Å²) >= 11 is 0. The fourth-order valence-electron chi connectivity index (χ4n) is 1.52. The quantitative estimate of drug-likeness (QED) is 0.353. The molecule has 5 heteroatoms. The highest BCUT2D eigenvalue weighted by Crippen LogP contribution is 2.18. The highest BCUT2D eigenvalue weighted by Gasteiger charge is 2.27. The van der Waals surface area contributed by atoms with Gasteiger partial charge in [0.15, 0.2) is 5.84 Å². The predicted molar refractivity (Wildman–Crippen MR) is 65.9 cm³/mol. The third kappa shape index (κ3) is 2.96. The summed E-state index contributed by atoms with van der Waals surface area (Å²) in [6, 6.07) is 9.04. The Morgan fingerprint density at radius 1 is 1.47 bits per heavy atom.